The number of hydrogen-bond acceptors (Lipinski definition) is 3. The van der Waals surface area contributed by atoms with Crippen LogP contribution in [0, 0.1) is 0 Å². The molecule has 2 aromatic rings. The van der Waals surface area contributed by atoms with Crippen molar-refractivity contribution in [3.63, 3.8) is 0 Å². The van der Waals surface area contributed by atoms with E-state index in [1.54, 1.807) is 0 Å². The highest BCUT2D eigenvalue weighted by Gasteiger charge is 2.24. The first-order valence-electron chi connectivity index (χ1n) is 6.19. The van der Waals surface area contributed by atoms with Crippen LogP contribution in [0.25, 0.3) is 11.0 Å². The molecule has 4 heteroatoms. The van der Waals surface area contributed by atoms with Gasteiger partial charge in [-0.05, 0) is 26.0 Å². The molecule has 0 amide bonds. The second-order valence-electron chi connectivity index (χ2n) is 4.89. The van der Waals surface area contributed by atoms with E-state index >= 15 is 0 Å². The standard InChI is InChI=1S/C13H18N4/c1-9-8-17(10(2)7-14-9)13-15-11-5-3-4-6-12(11)16-13/h3-6,9-10,14H,7-8H2,1-2H3,(H,15,16). The molecule has 0 radical (unpaired) electrons. The maximum atomic E-state index is 4.66. The highest BCUT2D eigenvalue weighted by atomic mass is 15.3. The van der Waals surface area contributed by atoms with Gasteiger partial charge in [0.05, 0.1) is 11.0 Å². The largest absolute Gasteiger partial charge is 0.337 e. The predicted octanol–water partition coefficient (Wildman–Crippen LogP) is 1.75. The number of anilines is 1. The van der Waals surface area contributed by atoms with Gasteiger partial charge in [-0.3, -0.25) is 0 Å². The Morgan fingerprint density at radius 3 is 2.94 bits per heavy atom. The van der Waals surface area contributed by atoms with Gasteiger partial charge in [-0.25, -0.2) is 4.98 Å². The Morgan fingerprint density at radius 2 is 2.12 bits per heavy atom. The summed E-state index contributed by atoms with van der Waals surface area (Å²) in [6, 6.07) is 9.17. The fourth-order valence-electron chi connectivity index (χ4n) is 2.39. The van der Waals surface area contributed by atoms with E-state index < -0.39 is 0 Å². The van der Waals surface area contributed by atoms with Gasteiger partial charge in [0.15, 0.2) is 0 Å². The van der Waals surface area contributed by atoms with Crippen LogP contribution in [0.15, 0.2) is 24.3 Å². The number of aromatic amines is 1. The lowest BCUT2D eigenvalue weighted by atomic mass is 10.1. The van der Waals surface area contributed by atoms with Crippen LogP contribution in [0.4, 0.5) is 5.95 Å². The molecule has 1 aliphatic rings. The second-order valence-corrected chi connectivity index (χ2v) is 4.89. The van der Waals surface area contributed by atoms with Crippen LogP contribution in [0.1, 0.15) is 13.8 Å². The molecular weight excluding hydrogens is 212 g/mol. The molecular formula is C13H18N4. The van der Waals surface area contributed by atoms with E-state index in [0.29, 0.717) is 12.1 Å². The minimum absolute atomic E-state index is 0.478. The number of piperazine rings is 1. The molecule has 0 aliphatic carbocycles. The summed E-state index contributed by atoms with van der Waals surface area (Å²) in [5, 5.41) is 3.48. The number of hydrogen-bond donors (Lipinski definition) is 2. The van der Waals surface area contributed by atoms with Crippen LogP contribution < -0.4 is 10.2 Å². The van der Waals surface area contributed by atoms with E-state index in [1.807, 2.05) is 18.2 Å². The molecule has 2 unspecified atom stereocenters. The molecule has 1 aromatic carbocycles. The monoisotopic (exact) mass is 230 g/mol. The summed E-state index contributed by atoms with van der Waals surface area (Å²) >= 11 is 0. The van der Waals surface area contributed by atoms with Crippen LogP contribution in [-0.2, 0) is 0 Å². The first-order chi connectivity index (χ1) is 8.24. The van der Waals surface area contributed by atoms with Gasteiger partial charge in [-0.1, -0.05) is 12.1 Å². The number of fused-ring (bicyclic) bond motifs is 1. The number of imidazole rings is 1. The number of nitrogens with one attached hydrogen (secondary N) is 2. The Kier molecular flexibility index (Phi) is 2.52. The van der Waals surface area contributed by atoms with Gasteiger partial charge in [-0.15, -0.1) is 0 Å². The Hall–Kier alpha value is -1.55. The zero-order chi connectivity index (χ0) is 11.8. The molecule has 3 rings (SSSR count). The molecule has 1 aliphatic heterocycles. The van der Waals surface area contributed by atoms with E-state index in [4.69, 9.17) is 0 Å². The molecule has 17 heavy (non-hydrogen) atoms. The maximum Gasteiger partial charge on any atom is 0.204 e. The number of rotatable bonds is 1. The number of benzene rings is 1. The van der Waals surface area contributed by atoms with Crippen molar-refractivity contribution in [2.24, 2.45) is 0 Å². The molecule has 2 N–H and O–H groups in total. The lowest BCUT2D eigenvalue weighted by Crippen LogP contribution is -2.54. The predicted molar refractivity (Wildman–Crippen MR) is 70.4 cm³/mol. The first kappa shape index (κ1) is 10.6. The molecule has 0 bridgehead atoms. The zero-order valence-corrected chi connectivity index (χ0v) is 10.3. The van der Waals surface area contributed by atoms with Gasteiger partial charge in [-0.2, -0.15) is 0 Å². The smallest absolute Gasteiger partial charge is 0.204 e. The van der Waals surface area contributed by atoms with E-state index in [9.17, 15) is 0 Å². The molecule has 2 atom stereocenters. The molecule has 2 heterocycles. The van der Waals surface area contributed by atoms with Crippen LogP contribution in [-0.4, -0.2) is 35.1 Å². The van der Waals surface area contributed by atoms with Crippen molar-refractivity contribution in [1.82, 2.24) is 15.3 Å². The molecule has 1 saturated heterocycles. The van der Waals surface area contributed by atoms with Gasteiger partial charge in [0.2, 0.25) is 5.95 Å². The average molecular weight is 230 g/mol. The number of para-hydroxylation sites is 2. The van der Waals surface area contributed by atoms with Gasteiger partial charge in [0.25, 0.3) is 0 Å². The van der Waals surface area contributed by atoms with E-state index in [0.717, 1.165) is 30.1 Å². The summed E-state index contributed by atoms with van der Waals surface area (Å²) in [6.45, 7) is 6.45. The van der Waals surface area contributed by atoms with Crippen molar-refractivity contribution in [3.8, 4) is 0 Å². The molecule has 1 aromatic heterocycles. The first-order valence-corrected chi connectivity index (χ1v) is 6.19. The number of H-pyrrole nitrogens is 1. The fourth-order valence-corrected chi connectivity index (χ4v) is 2.39. The van der Waals surface area contributed by atoms with Crippen molar-refractivity contribution in [2.45, 2.75) is 25.9 Å². The highest BCUT2D eigenvalue weighted by Crippen LogP contribution is 2.20. The van der Waals surface area contributed by atoms with Crippen LogP contribution in [0.3, 0.4) is 0 Å². The molecule has 90 valence electrons. The third-order valence-electron chi connectivity index (χ3n) is 3.41. The summed E-state index contributed by atoms with van der Waals surface area (Å²) < 4.78 is 0. The van der Waals surface area contributed by atoms with E-state index in [2.05, 4.69) is 40.1 Å². The summed E-state index contributed by atoms with van der Waals surface area (Å²) in [5.41, 5.74) is 2.15. The third kappa shape index (κ3) is 1.89. The van der Waals surface area contributed by atoms with Gasteiger partial charge in [0, 0.05) is 25.2 Å². The summed E-state index contributed by atoms with van der Waals surface area (Å²) in [5.74, 6) is 0.993. The van der Waals surface area contributed by atoms with Gasteiger partial charge in [0.1, 0.15) is 0 Å². The molecule has 1 fully saturated rings. The number of nitrogens with zero attached hydrogens (tertiary/aromatic N) is 2. The molecule has 0 spiro atoms. The van der Waals surface area contributed by atoms with Crippen molar-refractivity contribution in [2.75, 3.05) is 18.0 Å². The highest BCUT2D eigenvalue weighted by molar-refractivity contribution is 5.77. The van der Waals surface area contributed by atoms with Crippen molar-refractivity contribution in [1.29, 1.82) is 0 Å². The Balaban J connectivity index is 1.96. The van der Waals surface area contributed by atoms with Crippen LogP contribution >= 0.6 is 0 Å². The van der Waals surface area contributed by atoms with Gasteiger partial charge < -0.3 is 15.2 Å². The minimum Gasteiger partial charge on any atom is -0.337 e. The molecule has 4 nitrogen and oxygen atoms in total. The van der Waals surface area contributed by atoms with Crippen LogP contribution in [0.5, 0.6) is 0 Å². The average Bonchev–Trinajstić information content (AvgIpc) is 2.75. The fraction of sp³-hybridized carbons (Fsp3) is 0.462. The van der Waals surface area contributed by atoms with Crippen molar-refractivity contribution < 1.29 is 0 Å². The normalized spacial score (nSPS) is 25.4. The summed E-state index contributed by atoms with van der Waals surface area (Å²) in [7, 11) is 0. The Labute approximate surface area is 101 Å². The SMILES string of the molecule is CC1CN(c2nc3ccccc3[nH]2)C(C)CN1. The maximum absolute atomic E-state index is 4.66. The zero-order valence-electron chi connectivity index (χ0n) is 10.3. The minimum atomic E-state index is 0.478. The van der Waals surface area contributed by atoms with Crippen LogP contribution in [0.2, 0.25) is 0 Å². The molecule has 0 saturated carbocycles. The van der Waals surface area contributed by atoms with Gasteiger partial charge >= 0.3 is 0 Å². The third-order valence-corrected chi connectivity index (χ3v) is 3.41. The lowest BCUT2D eigenvalue weighted by Gasteiger charge is -2.37. The Bertz CT molecular complexity index is 486. The van der Waals surface area contributed by atoms with E-state index in [-0.39, 0.29) is 0 Å². The number of aromatic nitrogens is 2. The van der Waals surface area contributed by atoms with Crippen molar-refractivity contribution >= 4 is 17.0 Å². The topological polar surface area (TPSA) is 44.0 Å². The quantitative estimate of drug-likeness (QED) is 0.784. The van der Waals surface area contributed by atoms with Crippen molar-refractivity contribution in [3.05, 3.63) is 24.3 Å². The lowest BCUT2D eigenvalue weighted by molar-refractivity contribution is 0.421. The van der Waals surface area contributed by atoms with E-state index in [1.165, 1.54) is 0 Å². The summed E-state index contributed by atoms with van der Waals surface area (Å²) in [6.07, 6.45) is 0. The second kappa shape index (κ2) is 4.04. The summed E-state index contributed by atoms with van der Waals surface area (Å²) in [4.78, 5) is 10.4. The Morgan fingerprint density at radius 1 is 1.29 bits per heavy atom.